The van der Waals surface area contributed by atoms with Gasteiger partial charge in [0, 0.05) is 24.4 Å². The monoisotopic (exact) mass is 308 g/mol. The van der Waals surface area contributed by atoms with Crippen molar-refractivity contribution in [3.05, 3.63) is 66.8 Å². The summed E-state index contributed by atoms with van der Waals surface area (Å²) >= 11 is 0. The van der Waals surface area contributed by atoms with E-state index in [4.69, 9.17) is 0 Å². The molecule has 1 aromatic carbocycles. The van der Waals surface area contributed by atoms with Crippen molar-refractivity contribution in [3.63, 3.8) is 0 Å². The van der Waals surface area contributed by atoms with E-state index in [-0.39, 0.29) is 6.10 Å². The van der Waals surface area contributed by atoms with Crippen LogP contribution in [0.4, 0.5) is 0 Å². The van der Waals surface area contributed by atoms with E-state index in [1.54, 1.807) is 6.08 Å². The Labute approximate surface area is 138 Å². The first-order valence-electron chi connectivity index (χ1n) is 8.06. The number of rotatable bonds is 8. The Morgan fingerprint density at radius 1 is 1.13 bits per heavy atom. The van der Waals surface area contributed by atoms with Crippen LogP contribution >= 0.6 is 0 Å². The van der Waals surface area contributed by atoms with Crippen LogP contribution in [0, 0.1) is 0 Å². The van der Waals surface area contributed by atoms with Gasteiger partial charge in [0.1, 0.15) is 5.82 Å². The summed E-state index contributed by atoms with van der Waals surface area (Å²) in [5.74, 6) is 0.792. The average Bonchev–Trinajstić information content (AvgIpc) is 2.56. The molecule has 23 heavy (non-hydrogen) atoms. The predicted octanol–water partition coefficient (Wildman–Crippen LogP) is 4.44. The number of allylic oxidation sites excluding steroid dienone is 2. The molecule has 0 bridgehead atoms. The molecule has 2 aromatic rings. The van der Waals surface area contributed by atoms with Crippen molar-refractivity contribution in [2.24, 2.45) is 0 Å². The first-order chi connectivity index (χ1) is 11.2. The lowest BCUT2D eigenvalue weighted by Crippen LogP contribution is -1.97. The van der Waals surface area contributed by atoms with Crippen molar-refractivity contribution in [2.75, 3.05) is 0 Å². The normalized spacial score (nSPS) is 12.4. The molecule has 0 aliphatic carbocycles. The Balaban J connectivity index is 1.93. The van der Waals surface area contributed by atoms with Crippen molar-refractivity contribution >= 4 is 6.08 Å². The lowest BCUT2D eigenvalue weighted by molar-refractivity contribution is 0.182. The third-order valence-corrected chi connectivity index (χ3v) is 3.58. The van der Waals surface area contributed by atoms with Gasteiger partial charge in [0.15, 0.2) is 0 Å². The molecule has 0 aliphatic heterocycles. The van der Waals surface area contributed by atoms with E-state index in [1.807, 2.05) is 19.3 Å². The molecule has 0 amide bonds. The van der Waals surface area contributed by atoms with Gasteiger partial charge in [-0.05, 0) is 37.3 Å². The molecule has 0 saturated heterocycles. The zero-order chi connectivity index (χ0) is 16.5. The highest BCUT2D eigenvalue weighted by Gasteiger charge is 2.00. The number of aromatic nitrogens is 2. The van der Waals surface area contributed by atoms with E-state index < -0.39 is 0 Å². The number of aliphatic hydroxyl groups excluding tert-OH is 1. The van der Waals surface area contributed by atoms with Gasteiger partial charge >= 0.3 is 0 Å². The molecule has 120 valence electrons. The van der Waals surface area contributed by atoms with Crippen LogP contribution in [0.15, 0.2) is 55.4 Å². The summed E-state index contributed by atoms with van der Waals surface area (Å²) < 4.78 is 0. The molecule has 0 spiro atoms. The van der Waals surface area contributed by atoms with E-state index in [0.29, 0.717) is 6.42 Å². The highest BCUT2D eigenvalue weighted by molar-refractivity contribution is 5.64. The van der Waals surface area contributed by atoms with Gasteiger partial charge in [-0.25, -0.2) is 9.97 Å². The van der Waals surface area contributed by atoms with Crippen LogP contribution in [0.1, 0.15) is 37.6 Å². The van der Waals surface area contributed by atoms with Gasteiger partial charge < -0.3 is 5.11 Å². The second-order valence-corrected chi connectivity index (χ2v) is 5.69. The second kappa shape index (κ2) is 9.01. The van der Waals surface area contributed by atoms with Gasteiger partial charge in [0.2, 0.25) is 0 Å². The van der Waals surface area contributed by atoms with E-state index in [9.17, 15) is 5.11 Å². The fourth-order valence-corrected chi connectivity index (χ4v) is 2.28. The molecule has 1 aromatic heterocycles. The molecule has 1 atom stereocenters. The van der Waals surface area contributed by atoms with Crippen molar-refractivity contribution in [2.45, 2.75) is 38.7 Å². The maximum atomic E-state index is 9.22. The second-order valence-electron chi connectivity index (χ2n) is 5.69. The van der Waals surface area contributed by atoms with Crippen molar-refractivity contribution in [1.82, 2.24) is 9.97 Å². The molecule has 2 rings (SSSR count). The Hall–Kier alpha value is -2.26. The predicted molar refractivity (Wildman–Crippen MR) is 95.9 cm³/mol. The SMILES string of the molecule is C=CCc1ncc(-c2ccc(C=CCCCC(C)O)cc2)cn1. The minimum atomic E-state index is -0.206. The summed E-state index contributed by atoms with van der Waals surface area (Å²) in [4.78, 5) is 8.67. The standard InChI is InChI=1S/C20H24N2O/c1-3-7-20-21-14-19(15-22-20)18-12-10-17(11-13-18)9-6-4-5-8-16(2)23/h3,6,9-16,23H,1,4-5,7-8H2,2H3. The van der Waals surface area contributed by atoms with E-state index in [2.05, 4.69) is 53.0 Å². The number of aliphatic hydroxyl groups is 1. The van der Waals surface area contributed by atoms with Crippen LogP contribution < -0.4 is 0 Å². The molecule has 1 unspecified atom stereocenters. The molecular weight excluding hydrogens is 284 g/mol. The van der Waals surface area contributed by atoms with Gasteiger partial charge in [-0.15, -0.1) is 6.58 Å². The zero-order valence-electron chi connectivity index (χ0n) is 13.7. The molecular formula is C20H24N2O. The van der Waals surface area contributed by atoms with E-state index in [1.165, 1.54) is 5.56 Å². The maximum absolute atomic E-state index is 9.22. The van der Waals surface area contributed by atoms with Crippen molar-refractivity contribution in [1.29, 1.82) is 0 Å². The van der Waals surface area contributed by atoms with Crippen LogP contribution in [0.2, 0.25) is 0 Å². The van der Waals surface area contributed by atoms with Gasteiger partial charge in [-0.1, -0.05) is 42.5 Å². The number of nitrogens with zero attached hydrogens (tertiary/aromatic N) is 2. The summed E-state index contributed by atoms with van der Waals surface area (Å²) in [6.07, 6.45) is 13.1. The summed E-state index contributed by atoms with van der Waals surface area (Å²) in [5, 5.41) is 9.22. The first-order valence-corrected chi connectivity index (χ1v) is 8.06. The molecule has 3 heteroatoms. The quantitative estimate of drug-likeness (QED) is 0.579. The molecule has 1 heterocycles. The summed E-state index contributed by atoms with van der Waals surface area (Å²) in [6.45, 7) is 5.52. The molecule has 0 saturated carbocycles. The van der Waals surface area contributed by atoms with E-state index >= 15 is 0 Å². The topological polar surface area (TPSA) is 46.0 Å². The van der Waals surface area contributed by atoms with Gasteiger partial charge in [-0.2, -0.15) is 0 Å². The Morgan fingerprint density at radius 3 is 2.43 bits per heavy atom. The lowest BCUT2D eigenvalue weighted by Gasteiger charge is -2.03. The van der Waals surface area contributed by atoms with Crippen LogP contribution in [-0.4, -0.2) is 21.2 Å². The maximum Gasteiger partial charge on any atom is 0.131 e. The fourth-order valence-electron chi connectivity index (χ4n) is 2.28. The summed E-state index contributed by atoms with van der Waals surface area (Å²) in [5.41, 5.74) is 3.31. The molecule has 1 N–H and O–H groups in total. The smallest absolute Gasteiger partial charge is 0.131 e. The average molecular weight is 308 g/mol. The number of benzene rings is 1. The molecule has 0 fully saturated rings. The van der Waals surface area contributed by atoms with Crippen LogP contribution in [0.5, 0.6) is 0 Å². The number of unbranched alkanes of at least 4 members (excludes halogenated alkanes) is 1. The third kappa shape index (κ3) is 5.80. The van der Waals surface area contributed by atoms with Crippen molar-refractivity contribution in [3.8, 4) is 11.1 Å². The number of hydrogen-bond donors (Lipinski definition) is 1. The Morgan fingerprint density at radius 2 is 1.83 bits per heavy atom. The molecule has 0 radical (unpaired) electrons. The van der Waals surface area contributed by atoms with Crippen molar-refractivity contribution < 1.29 is 5.11 Å². The van der Waals surface area contributed by atoms with Crippen LogP contribution in [0.25, 0.3) is 17.2 Å². The van der Waals surface area contributed by atoms with Gasteiger partial charge in [0.05, 0.1) is 6.10 Å². The minimum Gasteiger partial charge on any atom is -0.393 e. The zero-order valence-corrected chi connectivity index (χ0v) is 13.7. The Bertz CT molecular complexity index is 628. The molecule has 3 nitrogen and oxygen atoms in total. The minimum absolute atomic E-state index is 0.206. The van der Waals surface area contributed by atoms with E-state index in [0.717, 1.165) is 36.2 Å². The first kappa shape index (κ1) is 17.1. The number of hydrogen-bond acceptors (Lipinski definition) is 3. The van der Waals surface area contributed by atoms with Gasteiger partial charge in [-0.3, -0.25) is 0 Å². The fraction of sp³-hybridized carbons (Fsp3) is 0.300. The van der Waals surface area contributed by atoms with Crippen LogP contribution in [-0.2, 0) is 6.42 Å². The summed E-state index contributed by atoms with van der Waals surface area (Å²) in [7, 11) is 0. The Kier molecular flexibility index (Phi) is 6.70. The summed E-state index contributed by atoms with van der Waals surface area (Å²) in [6, 6.07) is 8.36. The highest BCUT2D eigenvalue weighted by Crippen LogP contribution is 2.19. The van der Waals surface area contributed by atoms with Crippen LogP contribution in [0.3, 0.4) is 0 Å². The van der Waals surface area contributed by atoms with Gasteiger partial charge in [0.25, 0.3) is 0 Å². The largest absolute Gasteiger partial charge is 0.393 e. The lowest BCUT2D eigenvalue weighted by atomic mass is 10.1. The highest BCUT2D eigenvalue weighted by atomic mass is 16.3. The molecule has 0 aliphatic rings. The third-order valence-electron chi connectivity index (χ3n) is 3.58.